The third-order valence-corrected chi connectivity index (χ3v) is 3.71. The van der Waals surface area contributed by atoms with Gasteiger partial charge in [0.1, 0.15) is 11.4 Å². The summed E-state index contributed by atoms with van der Waals surface area (Å²) in [6.45, 7) is -0.309. The van der Waals surface area contributed by atoms with Gasteiger partial charge in [-0.1, -0.05) is 36.3 Å². The zero-order chi connectivity index (χ0) is 20.3. The summed E-state index contributed by atoms with van der Waals surface area (Å²) >= 11 is 0. The normalized spacial score (nSPS) is 9.66. The summed E-state index contributed by atoms with van der Waals surface area (Å²) in [7, 11) is 0. The van der Waals surface area contributed by atoms with Gasteiger partial charge in [0.25, 0.3) is 5.91 Å². The predicted molar refractivity (Wildman–Crippen MR) is 110 cm³/mol. The van der Waals surface area contributed by atoms with E-state index in [0.717, 1.165) is 5.56 Å². The van der Waals surface area contributed by atoms with Crippen molar-refractivity contribution in [2.24, 2.45) is 0 Å². The second-order valence-electron chi connectivity index (χ2n) is 5.97. The number of para-hydroxylation sites is 1. The maximum Gasteiger partial charge on any atom is 0.258 e. The molecular formula is C23H19N3O3. The van der Waals surface area contributed by atoms with E-state index in [0.29, 0.717) is 17.1 Å². The number of benzene rings is 2. The number of pyridine rings is 1. The molecular weight excluding hydrogens is 366 g/mol. The molecule has 0 aliphatic rings. The fraction of sp³-hybridized carbons (Fsp3) is 0.0870. The summed E-state index contributed by atoms with van der Waals surface area (Å²) in [4.78, 5) is 28.0. The second kappa shape index (κ2) is 10.3. The molecule has 2 N–H and O–H groups in total. The topological polar surface area (TPSA) is 80.3 Å². The number of rotatable bonds is 6. The van der Waals surface area contributed by atoms with E-state index < -0.39 is 0 Å². The van der Waals surface area contributed by atoms with Crippen molar-refractivity contribution in [2.45, 2.75) is 0 Å². The van der Waals surface area contributed by atoms with E-state index in [1.807, 2.05) is 42.5 Å². The number of nitrogens with zero attached hydrogens (tertiary/aromatic N) is 1. The summed E-state index contributed by atoms with van der Waals surface area (Å²) < 4.78 is 5.33. The molecule has 29 heavy (non-hydrogen) atoms. The van der Waals surface area contributed by atoms with Gasteiger partial charge in [-0.05, 0) is 48.4 Å². The lowest BCUT2D eigenvalue weighted by Crippen LogP contribution is -2.35. The van der Waals surface area contributed by atoms with Gasteiger partial charge in [-0.3, -0.25) is 9.59 Å². The first-order valence-electron chi connectivity index (χ1n) is 8.96. The van der Waals surface area contributed by atoms with Crippen LogP contribution in [0.2, 0.25) is 0 Å². The van der Waals surface area contributed by atoms with Crippen LogP contribution in [-0.4, -0.2) is 29.9 Å². The van der Waals surface area contributed by atoms with Gasteiger partial charge in [-0.25, -0.2) is 4.98 Å². The molecule has 0 atom stereocenters. The summed E-state index contributed by atoms with van der Waals surface area (Å²) in [6, 6.07) is 21.7. The van der Waals surface area contributed by atoms with E-state index in [1.165, 1.54) is 0 Å². The zero-order valence-electron chi connectivity index (χ0n) is 15.6. The summed E-state index contributed by atoms with van der Waals surface area (Å²) in [5.41, 5.74) is 2.01. The van der Waals surface area contributed by atoms with Crippen molar-refractivity contribution in [2.75, 3.05) is 18.5 Å². The predicted octanol–water partition coefficient (Wildman–Crippen LogP) is 2.62. The molecule has 2 amide bonds. The van der Waals surface area contributed by atoms with E-state index >= 15 is 0 Å². The van der Waals surface area contributed by atoms with Crippen LogP contribution in [0.4, 0.5) is 5.69 Å². The summed E-state index contributed by atoms with van der Waals surface area (Å²) in [5, 5.41) is 5.25. The van der Waals surface area contributed by atoms with Crippen molar-refractivity contribution in [3.63, 3.8) is 0 Å². The van der Waals surface area contributed by atoms with Gasteiger partial charge in [0, 0.05) is 17.4 Å². The van der Waals surface area contributed by atoms with Crippen LogP contribution < -0.4 is 15.4 Å². The van der Waals surface area contributed by atoms with Crippen molar-refractivity contribution in [1.29, 1.82) is 0 Å². The number of carbonyl (C=O) groups excluding carboxylic acids is 2. The molecule has 0 unspecified atom stereocenters. The average molecular weight is 385 g/mol. The van der Waals surface area contributed by atoms with Crippen LogP contribution in [0.3, 0.4) is 0 Å². The summed E-state index contributed by atoms with van der Waals surface area (Å²) in [6.07, 6.45) is 1.68. The Labute approximate surface area is 168 Å². The molecule has 1 heterocycles. The number of nitrogens with one attached hydrogen (secondary N) is 2. The minimum absolute atomic E-state index is 0.152. The molecule has 6 nitrogen and oxygen atoms in total. The van der Waals surface area contributed by atoms with Crippen LogP contribution in [0.1, 0.15) is 11.3 Å². The maximum atomic E-state index is 12.1. The Hall–Kier alpha value is -4.11. The highest BCUT2D eigenvalue weighted by atomic mass is 16.5. The number of anilines is 1. The second-order valence-corrected chi connectivity index (χ2v) is 5.97. The Morgan fingerprint density at radius 1 is 0.897 bits per heavy atom. The summed E-state index contributed by atoms with van der Waals surface area (Å²) in [5.74, 6) is 5.85. The van der Waals surface area contributed by atoms with E-state index in [2.05, 4.69) is 27.5 Å². The molecule has 6 heteroatoms. The quantitative estimate of drug-likeness (QED) is 0.639. The lowest BCUT2D eigenvalue weighted by molar-refractivity contribution is -0.125. The van der Waals surface area contributed by atoms with Crippen molar-refractivity contribution in [1.82, 2.24) is 10.3 Å². The third kappa shape index (κ3) is 6.85. The van der Waals surface area contributed by atoms with Crippen molar-refractivity contribution in [3.8, 4) is 17.6 Å². The molecule has 0 bridgehead atoms. The van der Waals surface area contributed by atoms with Crippen LogP contribution in [0.15, 0.2) is 79.0 Å². The first-order valence-corrected chi connectivity index (χ1v) is 8.96. The Balaban J connectivity index is 1.47. The number of carbonyl (C=O) groups is 2. The molecule has 0 fully saturated rings. The molecule has 3 rings (SSSR count). The van der Waals surface area contributed by atoms with Crippen molar-refractivity contribution < 1.29 is 14.3 Å². The maximum absolute atomic E-state index is 12.1. The number of ether oxygens (including phenoxy) is 1. The largest absolute Gasteiger partial charge is 0.484 e. The smallest absolute Gasteiger partial charge is 0.258 e. The van der Waals surface area contributed by atoms with Gasteiger partial charge in [-0.15, -0.1) is 0 Å². The first kappa shape index (κ1) is 19.6. The van der Waals surface area contributed by atoms with E-state index in [1.54, 1.807) is 36.5 Å². The van der Waals surface area contributed by atoms with E-state index in [4.69, 9.17) is 4.74 Å². The molecule has 0 spiro atoms. The number of hydrogen-bond donors (Lipinski definition) is 2. The minimum Gasteiger partial charge on any atom is -0.484 e. The third-order valence-electron chi connectivity index (χ3n) is 3.71. The van der Waals surface area contributed by atoms with Crippen LogP contribution >= 0.6 is 0 Å². The van der Waals surface area contributed by atoms with Crippen LogP contribution in [0, 0.1) is 11.8 Å². The molecule has 0 saturated carbocycles. The molecule has 0 aliphatic carbocycles. The Bertz CT molecular complexity index is 1030. The highest BCUT2D eigenvalue weighted by Gasteiger charge is 2.07. The molecule has 0 saturated heterocycles. The fourth-order valence-corrected chi connectivity index (χ4v) is 2.35. The molecule has 1 aromatic heterocycles. The number of aromatic nitrogens is 1. The van der Waals surface area contributed by atoms with Crippen molar-refractivity contribution in [3.05, 3.63) is 90.3 Å². The van der Waals surface area contributed by atoms with Gasteiger partial charge < -0.3 is 15.4 Å². The molecule has 0 radical (unpaired) electrons. The standard InChI is InChI=1S/C23H19N3O3/c27-22(16-25-23(28)17-29-21-10-2-1-3-11-21)26-20-9-6-7-18(15-20)12-13-19-8-4-5-14-24-19/h1-11,14-15H,16-17H2,(H,25,28)(H,26,27). The van der Waals surface area contributed by atoms with Gasteiger partial charge in [0.15, 0.2) is 6.61 Å². The Morgan fingerprint density at radius 3 is 2.52 bits per heavy atom. The van der Waals surface area contributed by atoms with Crippen LogP contribution in [0.5, 0.6) is 5.75 Å². The lowest BCUT2D eigenvalue weighted by Gasteiger charge is -2.08. The number of amides is 2. The van der Waals surface area contributed by atoms with Crippen molar-refractivity contribution >= 4 is 17.5 Å². The molecule has 2 aromatic carbocycles. The number of hydrogen-bond acceptors (Lipinski definition) is 4. The molecule has 3 aromatic rings. The minimum atomic E-state index is -0.376. The lowest BCUT2D eigenvalue weighted by atomic mass is 10.2. The van der Waals surface area contributed by atoms with Gasteiger partial charge in [0.05, 0.1) is 6.54 Å². The Morgan fingerprint density at radius 2 is 1.72 bits per heavy atom. The molecule has 144 valence electrons. The van der Waals surface area contributed by atoms with Crippen LogP contribution in [0.25, 0.3) is 0 Å². The zero-order valence-corrected chi connectivity index (χ0v) is 15.6. The van der Waals surface area contributed by atoms with Gasteiger partial charge in [-0.2, -0.15) is 0 Å². The van der Waals surface area contributed by atoms with E-state index in [9.17, 15) is 9.59 Å². The highest BCUT2D eigenvalue weighted by Crippen LogP contribution is 2.10. The van der Waals surface area contributed by atoms with Gasteiger partial charge >= 0.3 is 0 Å². The van der Waals surface area contributed by atoms with Crippen LogP contribution in [-0.2, 0) is 9.59 Å². The molecule has 0 aliphatic heterocycles. The van der Waals surface area contributed by atoms with Gasteiger partial charge in [0.2, 0.25) is 5.91 Å². The average Bonchev–Trinajstić information content (AvgIpc) is 2.76. The highest BCUT2D eigenvalue weighted by molar-refractivity contribution is 5.94. The first-order chi connectivity index (χ1) is 14.2. The fourth-order valence-electron chi connectivity index (χ4n) is 2.35. The SMILES string of the molecule is O=C(COc1ccccc1)NCC(=O)Nc1cccc(C#Cc2ccccn2)c1. The van der Waals surface area contributed by atoms with E-state index in [-0.39, 0.29) is 25.0 Å². The Kier molecular flexibility index (Phi) is 6.97. The monoisotopic (exact) mass is 385 g/mol.